The van der Waals surface area contributed by atoms with Crippen LogP contribution in [0.3, 0.4) is 0 Å². The van der Waals surface area contributed by atoms with Crippen LogP contribution in [0.15, 0.2) is 0 Å². The molecule has 1 N–H and O–H groups in total. The number of carbonyl (C=O) groups is 1. The molecule has 0 radical (unpaired) electrons. The fourth-order valence-electron chi connectivity index (χ4n) is 3.13. The van der Waals surface area contributed by atoms with Crippen molar-refractivity contribution in [3.8, 4) is 0 Å². The Kier molecular flexibility index (Phi) is 5.36. The molecule has 118 valence electrons. The summed E-state index contributed by atoms with van der Waals surface area (Å²) in [6, 6.07) is 0.371. The minimum Gasteiger partial charge on any atom is -0.339 e. The van der Waals surface area contributed by atoms with Gasteiger partial charge < -0.3 is 4.90 Å². The summed E-state index contributed by atoms with van der Waals surface area (Å²) in [7, 11) is 1.95. The molecule has 1 heterocycles. The van der Waals surface area contributed by atoms with Gasteiger partial charge in [0.1, 0.15) is 0 Å². The Morgan fingerprint density at radius 2 is 2.19 bits per heavy atom. The summed E-state index contributed by atoms with van der Waals surface area (Å²) in [6.07, 6.45) is 3.46. The van der Waals surface area contributed by atoms with Crippen molar-refractivity contribution < 1.29 is 4.79 Å². The summed E-state index contributed by atoms with van der Waals surface area (Å²) in [5, 5.41) is 8.00. The Morgan fingerprint density at radius 1 is 1.48 bits per heavy atom. The lowest BCUT2D eigenvalue weighted by Crippen LogP contribution is -2.36. The lowest BCUT2D eigenvalue weighted by Gasteiger charge is -2.25. The van der Waals surface area contributed by atoms with Crippen LogP contribution in [0.1, 0.15) is 67.7 Å². The molecule has 1 aliphatic carbocycles. The topological polar surface area (TPSA) is 49.0 Å². The molecular weight excluding hydrogens is 282 g/mol. The van der Waals surface area contributed by atoms with Gasteiger partial charge in [0.15, 0.2) is 0 Å². The molecule has 1 fully saturated rings. The quantitative estimate of drug-likeness (QED) is 0.904. The maximum absolute atomic E-state index is 12.9. The zero-order valence-corrected chi connectivity index (χ0v) is 14.6. The number of rotatable bonds is 5. The van der Waals surface area contributed by atoms with Gasteiger partial charge in [0.05, 0.1) is 11.3 Å². The predicted molar refractivity (Wildman–Crippen MR) is 89.1 cm³/mol. The van der Waals surface area contributed by atoms with E-state index in [1.807, 2.05) is 30.6 Å². The molecule has 2 atom stereocenters. The minimum absolute atomic E-state index is 0.122. The van der Waals surface area contributed by atoms with Crippen LogP contribution >= 0.6 is 11.8 Å². The average Bonchev–Trinajstić information content (AvgIpc) is 3.04. The monoisotopic (exact) mass is 309 g/mol. The number of aryl methyl sites for hydroxylation is 1. The molecule has 1 amide bonds. The van der Waals surface area contributed by atoms with Gasteiger partial charge in [-0.15, -0.1) is 0 Å². The van der Waals surface area contributed by atoms with Crippen LogP contribution in [0.4, 0.5) is 0 Å². The Morgan fingerprint density at radius 3 is 2.81 bits per heavy atom. The molecule has 1 saturated carbocycles. The standard InChI is InChI=1S/C16H27N3OS/c1-6-21-13-8-7-12(9-13)19(5)16(20)14-11(4)17-18-15(14)10(2)3/h10,12-13H,6-9H2,1-5H3,(H,17,18)/t12-,13+/m0/s1. The SMILES string of the molecule is CCS[C@@H]1CC[C@H](N(C)C(=O)c2c(C(C)C)n[nH]c2C)C1. The van der Waals surface area contributed by atoms with Gasteiger partial charge in [-0.25, -0.2) is 0 Å². The van der Waals surface area contributed by atoms with Crippen molar-refractivity contribution in [3.05, 3.63) is 17.0 Å². The maximum atomic E-state index is 12.9. The molecule has 0 unspecified atom stereocenters. The summed E-state index contributed by atoms with van der Waals surface area (Å²) in [4.78, 5) is 14.8. The number of nitrogens with zero attached hydrogens (tertiary/aromatic N) is 2. The van der Waals surface area contributed by atoms with Crippen molar-refractivity contribution in [2.45, 2.75) is 64.2 Å². The molecule has 0 aliphatic heterocycles. The molecule has 5 heteroatoms. The zero-order chi connectivity index (χ0) is 15.6. The van der Waals surface area contributed by atoms with Gasteiger partial charge in [0, 0.05) is 24.0 Å². The third-order valence-electron chi connectivity index (χ3n) is 4.36. The second-order valence-corrected chi connectivity index (χ2v) is 7.80. The van der Waals surface area contributed by atoms with Crippen LogP contribution < -0.4 is 0 Å². The molecule has 0 bridgehead atoms. The summed E-state index contributed by atoms with van der Waals surface area (Å²) < 4.78 is 0. The van der Waals surface area contributed by atoms with Gasteiger partial charge in [0.25, 0.3) is 5.91 Å². The Balaban J connectivity index is 2.12. The van der Waals surface area contributed by atoms with Crippen LogP contribution in [-0.2, 0) is 0 Å². The summed E-state index contributed by atoms with van der Waals surface area (Å²) in [5.41, 5.74) is 2.55. The normalized spacial score (nSPS) is 22.0. The number of H-pyrrole nitrogens is 1. The summed E-state index contributed by atoms with van der Waals surface area (Å²) in [5.74, 6) is 1.54. The van der Waals surface area contributed by atoms with Crippen LogP contribution in [-0.4, -0.2) is 45.1 Å². The average molecular weight is 309 g/mol. The van der Waals surface area contributed by atoms with Crippen molar-refractivity contribution in [3.63, 3.8) is 0 Å². The van der Waals surface area contributed by atoms with Crippen molar-refractivity contribution in [1.29, 1.82) is 0 Å². The van der Waals surface area contributed by atoms with E-state index in [9.17, 15) is 4.79 Å². The number of hydrogen-bond donors (Lipinski definition) is 1. The van der Waals surface area contributed by atoms with E-state index in [0.29, 0.717) is 11.3 Å². The van der Waals surface area contributed by atoms with Gasteiger partial charge >= 0.3 is 0 Å². The molecule has 1 aromatic rings. The van der Waals surface area contributed by atoms with E-state index in [4.69, 9.17) is 0 Å². The van der Waals surface area contributed by atoms with E-state index in [-0.39, 0.29) is 11.8 Å². The second-order valence-electron chi connectivity index (χ2n) is 6.22. The van der Waals surface area contributed by atoms with Gasteiger partial charge in [-0.05, 0) is 37.9 Å². The highest BCUT2D eigenvalue weighted by Gasteiger charge is 2.32. The Labute approximate surface area is 132 Å². The second kappa shape index (κ2) is 6.86. The highest BCUT2D eigenvalue weighted by molar-refractivity contribution is 7.99. The molecule has 1 aromatic heterocycles. The number of thioether (sulfide) groups is 1. The Bertz CT molecular complexity index is 498. The number of carbonyl (C=O) groups excluding carboxylic acids is 1. The summed E-state index contributed by atoms with van der Waals surface area (Å²) >= 11 is 2.02. The van der Waals surface area contributed by atoms with Crippen LogP contribution in [0.25, 0.3) is 0 Å². The van der Waals surface area contributed by atoms with Crippen LogP contribution in [0.5, 0.6) is 0 Å². The number of aromatic nitrogens is 2. The first-order valence-corrected chi connectivity index (χ1v) is 8.94. The molecule has 1 aliphatic rings. The first kappa shape index (κ1) is 16.4. The largest absolute Gasteiger partial charge is 0.339 e. The molecule has 0 saturated heterocycles. The maximum Gasteiger partial charge on any atom is 0.257 e. The smallest absolute Gasteiger partial charge is 0.257 e. The van der Waals surface area contributed by atoms with E-state index in [1.165, 1.54) is 6.42 Å². The molecule has 0 spiro atoms. The van der Waals surface area contributed by atoms with Crippen molar-refractivity contribution in [2.75, 3.05) is 12.8 Å². The van der Waals surface area contributed by atoms with E-state index < -0.39 is 0 Å². The molecule has 21 heavy (non-hydrogen) atoms. The summed E-state index contributed by atoms with van der Waals surface area (Å²) in [6.45, 7) is 8.30. The lowest BCUT2D eigenvalue weighted by molar-refractivity contribution is 0.0733. The lowest BCUT2D eigenvalue weighted by atomic mass is 10.0. The highest BCUT2D eigenvalue weighted by atomic mass is 32.2. The minimum atomic E-state index is 0.122. The third-order valence-corrected chi connectivity index (χ3v) is 5.60. The number of hydrogen-bond acceptors (Lipinski definition) is 3. The van der Waals surface area contributed by atoms with Gasteiger partial charge in [0.2, 0.25) is 0 Å². The number of aromatic amines is 1. The van der Waals surface area contributed by atoms with Gasteiger partial charge in [-0.3, -0.25) is 9.89 Å². The van der Waals surface area contributed by atoms with Gasteiger partial charge in [-0.1, -0.05) is 20.8 Å². The first-order valence-electron chi connectivity index (χ1n) is 7.89. The molecule has 4 nitrogen and oxygen atoms in total. The van der Waals surface area contributed by atoms with E-state index in [1.54, 1.807) is 0 Å². The van der Waals surface area contributed by atoms with E-state index in [2.05, 4.69) is 31.0 Å². The third kappa shape index (κ3) is 3.44. The number of nitrogens with one attached hydrogen (secondary N) is 1. The molecule has 2 rings (SSSR count). The van der Waals surface area contributed by atoms with Gasteiger partial charge in [-0.2, -0.15) is 16.9 Å². The van der Waals surface area contributed by atoms with Crippen LogP contribution in [0, 0.1) is 6.92 Å². The van der Waals surface area contributed by atoms with Crippen molar-refractivity contribution >= 4 is 17.7 Å². The van der Waals surface area contributed by atoms with Crippen molar-refractivity contribution in [2.24, 2.45) is 0 Å². The highest BCUT2D eigenvalue weighted by Crippen LogP contribution is 2.33. The molecular formula is C16H27N3OS. The number of amides is 1. The first-order chi connectivity index (χ1) is 9.95. The van der Waals surface area contributed by atoms with E-state index in [0.717, 1.165) is 35.5 Å². The van der Waals surface area contributed by atoms with E-state index >= 15 is 0 Å². The zero-order valence-electron chi connectivity index (χ0n) is 13.8. The van der Waals surface area contributed by atoms with Crippen LogP contribution in [0.2, 0.25) is 0 Å². The fourth-order valence-corrected chi connectivity index (χ4v) is 4.27. The predicted octanol–water partition coefficient (Wildman–Crippen LogP) is 3.59. The Hall–Kier alpha value is -0.970. The van der Waals surface area contributed by atoms with Crippen molar-refractivity contribution in [1.82, 2.24) is 15.1 Å². The molecule has 0 aromatic carbocycles. The fraction of sp³-hybridized carbons (Fsp3) is 0.750.